The molecule has 1 unspecified atom stereocenters. The number of rotatable bonds is 1. The van der Waals surface area contributed by atoms with Crippen molar-refractivity contribution >= 4 is 0 Å². The minimum atomic E-state index is -0.0546. The van der Waals surface area contributed by atoms with Gasteiger partial charge in [0.05, 0.1) is 7.11 Å². The first-order valence-electron chi connectivity index (χ1n) is 5.39. The fourth-order valence-corrected chi connectivity index (χ4v) is 2.32. The number of hydrogen-bond donors (Lipinski definition) is 0. The van der Waals surface area contributed by atoms with E-state index in [4.69, 9.17) is 9.47 Å². The molecule has 0 spiro atoms. The number of hydrogen-bond acceptors (Lipinski definition) is 2. The number of benzene rings is 1. The van der Waals surface area contributed by atoms with Crippen molar-refractivity contribution in [2.75, 3.05) is 7.11 Å². The Kier molecular flexibility index (Phi) is 2.37. The lowest BCUT2D eigenvalue weighted by Gasteiger charge is -2.36. The summed E-state index contributed by atoms with van der Waals surface area (Å²) in [6, 6.07) is 6.04. The third-order valence-corrected chi connectivity index (χ3v) is 2.93. The molecule has 82 valence electrons. The lowest BCUT2D eigenvalue weighted by atomic mass is 9.86. The van der Waals surface area contributed by atoms with Gasteiger partial charge in [0, 0.05) is 5.56 Å². The molecule has 1 atom stereocenters. The van der Waals surface area contributed by atoms with Crippen molar-refractivity contribution < 1.29 is 9.47 Å². The van der Waals surface area contributed by atoms with Gasteiger partial charge in [-0.05, 0) is 44.4 Å². The Hall–Kier alpha value is -1.18. The lowest BCUT2D eigenvalue weighted by molar-refractivity contribution is 0.0745. The molecule has 0 amide bonds. The number of ether oxygens (including phenoxy) is 2. The van der Waals surface area contributed by atoms with Crippen LogP contribution in [-0.4, -0.2) is 12.7 Å². The molecule has 15 heavy (non-hydrogen) atoms. The highest BCUT2D eigenvalue weighted by Gasteiger charge is 2.31. The Morgan fingerprint density at radius 1 is 1.40 bits per heavy atom. The molecule has 0 saturated heterocycles. The van der Waals surface area contributed by atoms with E-state index >= 15 is 0 Å². The molecule has 0 radical (unpaired) electrons. The molecule has 0 aromatic heterocycles. The molecule has 1 heterocycles. The quantitative estimate of drug-likeness (QED) is 0.701. The zero-order valence-corrected chi connectivity index (χ0v) is 9.83. The van der Waals surface area contributed by atoms with Crippen molar-refractivity contribution in [3.8, 4) is 11.5 Å². The zero-order valence-electron chi connectivity index (χ0n) is 9.83. The van der Waals surface area contributed by atoms with E-state index in [1.165, 1.54) is 5.56 Å². The van der Waals surface area contributed by atoms with Gasteiger partial charge in [-0.3, -0.25) is 0 Å². The zero-order chi connectivity index (χ0) is 11.1. The second-order valence-corrected chi connectivity index (χ2v) is 4.87. The van der Waals surface area contributed by atoms with E-state index in [2.05, 4.69) is 26.8 Å². The summed E-state index contributed by atoms with van der Waals surface area (Å²) in [7, 11) is 1.69. The monoisotopic (exact) mass is 206 g/mol. The second-order valence-electron chi connectivity index (χ2n) is 4.87. The molecule has 2 heteroatoms. The van der Waals surface area contributed by atoms with Crippen molar-refractivity contribution in [1.82, 2.24) is 0 Å². The van der Waals surface area contributed by atoms with Gasteiger partial charge < -0.3 is 9.47 Å². The SMILES string of the molecule is COc1ccc2c(c1)C(C)CC(C)(C)O2. The third kappa shape index (κ3) is 1.94. The Morgan fingerprint density at radius 3 is 2.80 bits per heavy atom. The minimum Gasteiger partial charge on any atom is -0.497 e. The summed E-state index contributed by atoms with van der Waals surface area (Å²) < 4.78 is 11.2. The molecule has 0 aliphatic carbocycles. The summed E-state index contributed by atoms with van der Waals surface area (Å²) in [5, 5.41) is 0. The fourth-order valence-electron chi connectivity index (χ4n) is 2.32. The summed E-state index contributed by atoms with van der Waals surface area (Å²) in [6.45, 7) is 6.51. The van der Waals surface area contributed by atoms with Crippen LogP contribution in [0.5, 0.6) is 11.5 Å². The molecule has 2 nitrogen and oxygen atoms in total. The Bertz CT molecular complexity index is 369. The summed E-state index contributed by atoms with van der Waals surface area (Å²) in [5.74, 6) is 2.43. The van der Waals surface area contributed by atoms with Crippen molar-refractivity contribution in [2.24, 2.45) is 0 Å². The first kappa shape index (κ1) is 10.3. The molecular formula is C13H18O2. The minimum absolute atomic E-state index is 0.0546. The van der Waals surface area contributed by atoms with E-state index in [0.29, 0.717) is 5.92 Å². The van der Waals surface area contributed by atoms with Gasteiger partial charge >= 0.3 is 0 Å². The predicted molar refractivity (Wildman–Crippen MR) is 60.7 cm³/mol. The predicted octanol–water partition coefficient (Wildman–Crippen LogP) is 3.36. The standard InChI is InChI=1S/C13H18O2/c1-9-8-13(2,3)15-12-6-5-10(14-4)7-11(9)12/h5-7,9H,8H2,1-4H3. The van der Waals surface area contributed by atoms with Gasteiger partial charge in [0.1, 0.15) is 17.1 Å². The maximum atomic E-state index is 5.93. The molecule has 1 aromatic carbocycles. The van der Waals surface area contributed by atoms with Crippen molar-refractivity contribution in [1.29, 1.82) is 0 Å². The topological polar surface area (TPSA) is 18.5 Å². The Labute approximate surface area is 91.2 Å². The van der Waals surface area contributed by atoms with Crippen molar-refractivity contribution in [3.05, 3.63) is 23.8 Å². The summed E-state index contributed by atoms with van der Waals surface area (Å²) >= 11 is 0. The number of methoxy groups -OCH3 is 1. The lowest BCUT2D eigenvalue weighted by Crippen LogP contribution is -2.34. The third-order valence-electron chi connectivity index (χ3n) is 2.93. The van der Waals surface area contributed by atoms with Gasteiger partial charge in [0.25, 0.3) is 0 Å². The van der Waals surface area contributed by atoms with Crippen LogP contribution in [0, 0.1) is 0 Å². The van der Waals surface area contributed by atoms with E-state index in [1.807, 2.05) is 12.1 Å². The maximum Gasteiger partial charge on any atom is 0.123 e. The fraction of sp³-hybridized carbons (Fsp3) is 0.538. The average Bonchev–Trinajstić information content (AvgIpc) is 2.15. The summed E-state index contributed by atoms with van der Waals surface area (Å²) in [5.41, 5.74) is 1.20. The van der Waals surface area contributed by atoms with Crippen molar-refractivity contribution in [2.45, 2.75) is 38.7 Å². The summed E-state index contributed by atoms with van der Waals surface area (Å²) in [4.78, 5) is 0. The summed E-state index contributed by atoms with van der Waals surface area (Å²) in [6.07, 6.45) is 1.05. The van der Waals surface area contributed by atoms with Gasteiger partial charge in [-0.2, -0.15) is 0 Å². The average molecular weight is 206 g/mol. The maximum absolute atomic E-state index is 5.93. The molecule has 0 fully saturated rings. The first-order valence-corrected chi connectivity index (χ1v) is 5.39. The largest absolute Gasteiger partial charge is 0.497 e. The van der Waals surface area contributed by atoms with Crippen LogP contribution < -0.4 is 9.47 Å². The Balaban J connectivity index is 2.41. The van der Waals surface area contributed by atoms with Crippen LogP contribution in [0.4, 0.5) is 0 Å². The highest BCUT2D eigenvalue weighted by atomic mass is 16.5. The molecule has 1 aliphatic heterocycles. The van der Waals surface area contributed by atoms with Crippen LogP contribution in [0.1, 0.15) is 38.7 Å². The molecule has 0 bridgehead atoms. The molecule has 2 rings (SSSR count). The van der Waals surface area contributed by atoms with E-state index in [9.17, 15) is 0 Å². The molecule has 0 saturated carbocycles. The van der Waals surface area contributed by atoms with Gasteiger partial charge in [-0.25, -0.2) is 0 Å². The van der Waals surface area contributed by atoms with Crippen LogP contribution in [0.15, 0.2) is 18.2 Å². The second kappa shape index (κ2) is 3.44. The van der Waals surface area contributed by atoms with Gasteiger partial charge in [0.15, 0.2) is 0 Å². The van der Waals surface area contributed by atoms with Crippen LogP contribution >= 0.6 is 0 Å². The van der Waals surface area contributed by atoms with Gasteiger partial charge in [-0.1, -0.05) is 6.92 Å². The smallest absolute Gasteiger partial charge is 0.123 e. The van der Waals surface area contributed by atoms with E-state index < -0.39 is 0 Å². The van der Waals surface area contributed by atoms with Crippen LogP contribution in [-0.2, 0) is 0 Å². The van der Waals surface area contributed by atoms with E-state index in [-0.39, 0.29) is 5.60 Å². The highest BCUT2D eigenvalue weighted by Crippen LogP contribution is 2.41. The van der Waals surface area contributed by atoms with Gasteiger partial charge in [0.2, 0.25) is 0 Å². The van der Waals surface area contributed by atoms with E-state index in [1.54, 1.807) is 7.11 Å². The van der Waals surface area contributed by atoms with Crippen LogP contribution in [0.25, 0.3) is 0 Å². The van der Waals surface area contributed by atoms with Crippen LogP contribution in [0.2, 0.25) is 0 Å². The molecular weight excluding hydrogens is 188 g/mol. The normalized spacial score (nSPS) is 22.8. The molecule has 1 aliphatic rings. The molecule has 0 N–H and O–H groups in total. The van der Waals surface area contributed by atoms with Gasteiger partial charge in [-0.15, -0.1) is 0 Å². The Morgan fingerprint density at radius 2 is 2.13 bits per heavy atom. The van der Waals surface area contributed by atoms with Crippen molar-refractivity contribution in [3.63, 3.8) is 0 Å². The molecule has 1 aromatic rings. The highest BCUT2D eigenvalue weighted by molar-refractivity contribution is 5.44. The number of fused-ring (bicyclic) bond motifs is 1. The van der Waals surface area contributed by atoms with Crippen LogP contribution in [0.3, 0.4) is 0 Å². The first-order chi connectivity index (χ1) is 7.02. The van der Waals surface area contributed by atoms with E-state index in [0.717, 1.165) is 17.9 Å².